The van der Waals surface area contributed by atoms with Crippen molar-refractivity contribution in [3.63, 3.8) is 0 Å². The molecular formula is C21H12F3NS. The Hall–Kier alpha value is -2.66. The summed E-state index contributed by atoms with van der Waals surface area (Å²) in [4.78, 5) is 1.59. The molecule has 0 spiro atoms. The molecule has 3 aromatic carbocycles. The molecule has 0 saturated heterocycles. The Kier molecular flexibility index (Phi) is 3.25. The SMILES string of the molecule is FC(F)(F)c1cc2c3c(c1)cc(-c1ccccc1)n3-c1ccccc1S2. The summed E-state index contributed by atoms with van der Waals surface area (Å²) >= 11 is 1.39. The highest BCUT2D eigenvalue weighted by Gasteiger charge is 2.33. The molecule has 0 N–H and O–H groups in total. The fourth-order valence-corrected chi connectivity index (χ4v) is 4.61. The summed E-state index contributed by atoms with van der Waals surface area (Å²) in [5, 5.41) is 0.607. The average molecular weight is 367 g/mol. The molecule has 2 heterocycles. The van der Waals surface area contributed by atoms with Crippen molar-refractivity contribution in [3.05, 3.63) is 78.4 Å². The van der Waals surface area contributed by atoms with Crippen LogP contribution in [0.4, 0.5) is 13.2 Å². The minimum absolute atomic E-state index is 0.607. The molecular weight excluding hydrogens is 355 g/mol. The largest absolute Gasteiger partial charge is 0.416 e. The van der Waals surface area contributed by atoms with Gasteiger partial charge in [0.2, 0.25) is 0 Å². The van der Waals surface area contributed by atoms with Crippen LogP contribution in [0, 0.1) is 0 Å². The first-order valence-corrected chi connectivity index (χ1v) is 8.93. The Labute approximate surface area is 152 Å². The standard InChI is InChI=1S/C21H12F3NS/c22-21(23,24)15-10-14-11-17(13-6-2-1-3-7-13)25-16-8-4-5-9-18(16)26-19(12-15)20(14)25/h1-12H. The van der Waals surface area contributed by atoms with Gasteiger partial charge in [0, 0.05) is 15.2 Å². The summed E-state index contributed by atoms with van der Waals surface area (Å²) in [6.07, 6.45) is -4.36. The van der Waals surface area contributed by atoms with Crippen LogP contribution in [0.1, 0.15) is 5.56 Å². The van der Waals surface area contributed by atoms with E-state index in [0.29, 0.717) is 10.3 Å². The molecule has 0 saturated carbocycles. The average Bonchev–Trinajstić information content (AvgIpc) is 3.03. The maximum Gasteiger partial charge on any atom is 0.416 e. The van der Waals surface area contributed by atoms with Gasteiger partial charge in [0.25, 0.3) is 0 Å². The predicted octanol–water partition coefficient (Wildman–Crippen LogP) is 6.78. The van der Waals surface area contributed by atoms with E-state index in [9.17, 15) is 13.2 Å². The topological polar surface area (TPSA) is 4.93 Å². The fraction of sp³-hybridized carbons (Fsp3) is 0.0476. The zero-order valence-corrected chi connectivity index (χ0v) is 14.2. The fourth-order valence-electron chi connectivity index (χ4n) is 3.47. The smallest absolute Gasteiger partial charge is 0.307 e. The van der Waals surface area contributed by atoms with Crippen LogP contribution in [0.5, 0.6) is 0 Å². The molecule has 26 heavy (non-hydrogen) atoms. The van der Waals surface area contributed by atoms with Crippen LogP contribution < -0.4 is 0 Å². The molecule has 1 nitrogen and oxygen atoms in total. The third-order valence-corrected chi connectivity index (χ3v) is 5.68. The lowest BCUT2D eigenvalue weighted by atomic mass is 10.1. The molecule has 0 bridgehead atoms. The van der Waals surface area contributed by atoms with Crippen LogP contribution in [0.2, 0.25) is 0 Å². The lowest BCUT2D eigenvalue weighted by Crippen LogP contribution is -2.07. The second-order valence-electron chi connectivity index (χ2n) is 6.21. The quantitative estimate of drug-likeness (QED) is 0.316. The number of halogens is 3. The van der Waals surface area contributed by atoms with Gasteiger partial charge in [0.1, 0.15) is 0 Å². The minimum atomic E-state index is -4.36. The Morgan fingerprint density at radius 1 is 0.769 bits per heavy atom. The second-order valence-corrected chi connectivity index (χ2v) is 7.29. The lowest BCUT2D eigenvalue weighted by Gasteiger charge is -2.22. The number of aromatic nitrogens is 1. The first kappa shape index (κ1) is 15.6. The molecule has 1 aliphatic rings. The molecule has 0 radical (unpaired) electrons. The van der Waals surface area contributed by atoms with E-state index in [4.69, 9.17) is 0 Å². The van der Waals surface area contributed by atoms with E-state index in [1.165, 1.54) is 23.9 Å². The number of alkyl halides is 3. The number of hydrogen-bond donors (Lipinski definition) is 0. The predicted molar refractivity (Wildman–Crippen MR) is 97.8 cm³/mol. The zero-order valence-electron chi connectivity index (χ0n) is 13.4. The highest BCUT2D eigenvalue weighted by Crippen LogP contribution is 2.48. The zero-order chi connectivity index (χ0) is 17.9. The first-order chi connectivity index (χ1) is 12.5. The number of para-hydroxylation sites is 1. The molecule has 128 valence electrons. The van der Waals surface area contributed by atoms with Gasteiger partial charge in [0.15, 0.2) is 0 Å². The first-order valence-electron chi connectivity index (χ1n) is 8.12. The third-order valence-electron chi connectivity index (χ3n) is 4.58. The van der Waals surface area contributed by atoms with Gasteiger partial charge < -0.3 is 4.57 Å². The maximum absolute atomic E-state index is 13.4. The Morgan fingerprint density at radius 2 is 1.50 bits per heavy atom. The molecule has 0 unspecified atom stereocenters. The van der Waals surface area contributed by atoms with Crippen LogP contribution in [-0.4, -0.2) is 4.57 Å². The van der Waals surface area contributed by atoms with E-state index in [2.05, 4.69) is 4.57 Å². The molecule has 5 rings (SSSR count). The summed E-state index contributed by atoms with van der Waals surface area (Å²) in [7, 11) is 0. The van der Waals surface area contributed by atoms with Crippen molar-refractivity contribution < 1.29 is 13.2 Å². The molecule has 0 atom stereocenters. The van der Waals surface area contributed by atoms with E-state index in [1.807, 2.05) is 60.7 Å². The normalized spacial score (nSPS) is 13.0. The molecule has 0 fully saturated rings. The van der Waals surface area contributed by atoms with Gasteiger partial charge in [-0.05, 0) is 35.9 Å². The van der Waals surface area contributed by atoms with E-state index in [1.54, 1.807) is 0 Å². The van der Waals surface area contributed by atoms with E-state index in [-0.39, 0.29) is 0 Å². The van der Waals surface area contributed by atoms with Gasteiger partial charge in [-0.1, -0.05) is 54.2 Å². The van der Waals surface area contributed by atoms with E-state index in [0.717, 1.165) is 27.4 Å². The molecule has 1 aromatic heterocycles. The third kappa shape index (κ3) is 2.27. The van der Waals surface area contributed by atoms with Gasteiger partial charge in [-0.15, -0.1) is 0 Å². The molecule has 0 amide bonds. The van der Waals surface area contributed by atoms with Crippen molar-refractivity contribution in [1.29, 1.82) is 0 Å². The van der Waals surface area contributed by atoms with Gasteiger partial charge in [0.05, 0.1) is 22.5 Å². The summed E-state index contributed by atoms with van der Waals surface area (Å²) in [6, 6.07) is 21.9. The number of fused-ring (bicyclic) bond motifs is 2. The van der Waals surface area contributed by atoms with Crippen molar-refractivity contribution in [2.75, 3.05) is 0 Å². The van der Waals surface area contributed by atoms with Crippen molar-refractivity contribution >= 4 is 22.7 Å². The minimum Gasteiger partial charge on any atom is -0.307 e. The van der Waals surface area contributed by atoms with Crippen LogP contribution in [0.15, 0.2) is 82.6 Å². The van der Waals surface area contributed by atoms with Gasteiger partial charge in [-0.3, -0.25) is 0 Å². The van der Waals surface area contributed by atoms with Gasteiger partial charge >= 0.3 is 6.18 Å². The van der Waals surface area contributed by atoms with Crippen LogP contribution in [0.3, 0.4) is 0 Å². The summed E-state index contributed by atoms with van der Waals surface area (Å²) < 4.78 is 42.2. The Morgan fingerprint density at radius 3 is 2.27 bits per heavy atom. The Balaban J connectivity index is 1.90. The van der Waals surface area contributed by atoms with Crippen LogP contribution in [0.25, 0.3) is 27.8 Å². The Bertz CT molecular complexity index is 1140. The van der Waals surface area contributed by atoms with Crippen molar-refractivity contribution in [2.24, 2.45) is 0 Å². The van der Waals surface area contributed by atoms with Crippen molar-refractivity contribution in [3.8, 4) is 16.9 Å². The number of benzene rings is 3. The highest BCUT2D eigenvalue weighted by molar-refractivity contribution is 7.99. The molecule has 4 aromatic rings. The van der Waals surface area contributed by atoms with Crippen LogP contribution >= 0.6 is 11.8 Å². The second kappa shape index (κ2) is 5.42. The van der Waals surface area contributed by atoms with Gasteiger partial charge in [-0.25, -0.2) is 0 Å². The molecule has 5 heteroatoms. The molecule has 1 aliphatic heterocycles. The van der Waals surface area contributed by atoms with E-state index < -0.39 is 11.7 Å². The lowest BCUT2D eigenvalue weighted by molar-refractivity contribution is -0.137. The number of rotatable bonds is 1. The maximum atomic E-state index is 13.4. The van der Waals surface area contributed by atoms with Crippen molar-refractivity contribution in [2.45, 2.75) is 16.0 Å². The molecule has 0 aliphatic carbocycles. The number of nitrogens with zero attached hydrogens (tertiary/aromatic N) is 1. The summed E-state index contributed by atoms with van der Waals surface area (Å²) in [5.41, 5.74) is 3.10. The van der Waals surface area contributed by atoms with Gasteiger partial charge in [-0.2, -0.15) is 13.2 Å². The summed E-state index contributed by atoms with van der Waals surface area (Å²) in [5.74, 6) is 0. The summed E-state index contributed by atoms with van der Waals surface area (Å²) in [6.45, 7) is 0. The number of hydrogen-bond acceptors (Lipinski definition) is 1. The van der Waals surface area contributed by atoms with Crippen molar-refractivity contribution in [1.82, 2.24) is 4.57 Å². The van der Waals surface area contributed by atoms with Crippen LogP contribution in [-0.2, 0) is 6.18 Å². The highest BCUT2D eigenvalue weighted by atomic mass is 32.2. The van der Waals surface area contributed by atoms with E-state index >= 15 is 0 Å². The monoisotopic (exact) mass is 367 g/mol.